The van der Waals surface area contributed by atoms with Gasteiger partial charge in [-0.05, 0) is 19.3 Å². The van der Waals surface area contributed by atoms with Gasteiger partial charge in [0.05, 0.1) is 0 Å². The van der Waals surface area contributed by atoms with E-state index in [-0.39, 0.29) is 0 Å². The first-order valence-corrected chi connectivity index (χ1v) is 7.92. The first-order chi connectivity index (χ1) is 10.0. The summed E-state index contributed by atoms with van der Waals surface area (Å²) in [5.41, 5.74) is 0. The Morgan fingerprint density at radius 1 is 0.682 bits per heavy atom. The molecule has 0 rings (SSSR count). The summed E-state index contributed by atoms with van der Waals surface area (Å²) >= 11 is 0. The van der Waals surface area contributed by atoms with Crippen molar-refractivity contribution in [3.63, 3.8) is 0 Å². The fourth-order valence-corrected chi connectivity index (χ4v) is 0.642. The first kappa shape index (κ1) is 28.7. The van der Waals surface area contributed by atoms with Crippen LogP contribution in [0.2, 0.25) is 0 Å². The van der Waals surface area contributed by atoms with E-state index in [1.165, 1.54) is 0 Å². The van der Waals surface area contributed by atoms with E-state index in [2.05, 4.69) is 0 Å². The molecule has 10 heteroatoms. The van der Waals surface area contributed by atoms with Crippen LogP contribution in [0.5, 0.6) is 0 Å². The van der Waals surface area contributed by atoms with Gasteiger partial charge in [-0.1, -0.05) is 20.8 Å². The lowest BCUT2D eigenvalue weighted by atomic mass is 10.4. The number of carboxylic acids is 3. The second-order valence-corrected chi connectivity index (χ2v) is 4.28. The largest absolute Gasteiger partial charge is 0.481 e. The summed E-state index contributed by atoms with van der Waals surface area (Å²) in [6.07, 6.45) is 3.07. The standard InChI is InChI=1S/3C4H8O2.H3O3P/c3*1-2-3-4(5)6;1-4(2)3/h3*2-3H2,1H3,(H,5,6);4H,(H2,1,2,3). The SMILES string of the molecule is CCCC(=O)O.CCCC(=O)O.CCCC(=O)O.O=[PH](O)O. The van der Waals surface area contributed by atoms with Crippen LogP contribution in [0.15, 0.2) is 0 Å². The molecule has 9 nitrogen and oxygen atoms in total. The van der Waals surface area contributed by atoms with Gasteiger partial charge in [0.15, 0.2) is 0 Å². The molecule has 0 spiro atoms. The van der Waals surface area contributed by atoms with Crippen LogP contribution >= 0.6 is 8.25 Å². The van der Waals surface area contributed by atoms with Crippen molar-refractivity contribution in [2.45, 2.75) is 59.3 Å². The van der Waals surface area contributed by atoms with Crippen molar-refractivity contribution in [2.24, 2.45) is 0 Å². The van der Waals surface area contributed by atoms with E-state index in [0.717, 1.165) is 19.3 Å². The zero-order valence-electron chi connectivity index (χ0n) is 13.1. The van der Waals surface area contributed by atoms with Gasteiger partial charge in [-0.2, -0.15) is 0 Å². The zero-order valence-corrected chi connectivity index (χ0v) is 14.1. The molecule has 0 atom stereocenters. The van der Waals surface area contributed by atoms with Crippen LogP contribution in [-0.4, -0.2) is 43.0 Å². The van der Waals surface area contributed by atoms with Gasteiger partial charge < -0.3 is 25.1 Å². The molecule has 0 aliphatic heterocycles. The number of rotatable bonds is 6. The Balaban J connectivity index is -0.0000000994. The van der Waals surface area contributed by atoms with Crippen LogP contribution in [0.1, 0.15) is 59.3 Å². The Morgan fingerprint density at radius 3 is 0.818 bits per heavy atom. The summed E-state index contributed by atoms with van der Waals surface area (Å²) in [7, 11) is -3.13. The quantitative estimate of drug-likeness (QED) is 0.451. The molecule has 0 bridgehead atoms. The average molecular weight is 346 g/mol. The molecule has 0 saturated heterocycles. The van der Waals surface area contributed by atoms with Gasteiger partial charge in [-0.3, -0.25) is 18.9 Å². The fourth-order valence-electron chi connectivity index (χ4n) is 0.642. The highest BCUT2D eigenvalue weighted by molar-refractivity contribution is 7.30. The number of hydrogen-bond acceptors (Lipinski definition) is 4. The molecular formula is C12H27O9P. The van der Waals surface area contributed by atoms with Gasteiger partial charge in [0, 0.05) is 19.3 Å². The van der Waals surface area contributed by atoms with Gasteiger partial charge in [-0.25, -0.2) is 0 Å². The van der Waals surface area contributed by atoms with Crippen molar-refractivity contribution in [3.05, 3.63) is 0 Å². The smallest absolute Gasteiger partial charge is 0.314 e. The molecule has 0 amide bonds. The molecule has 22 heavy (non-hydrogen) atoms. The zero-order chi connectivity index (χ0) is 18.6. The second-order valence-electron chi connectivity index (χ2n) is 3.71. The molecule has 0 radical (unpaired) electrons. The summed E-state index contributed by atoms with van der Waals surface area (Å²) in [5.74, 6) is -2.13. The van der Waals surface area contributed by atoms with Crippen LogP contribution < -0.4 is 0 Å². The van der Waals surface area contributed by atoms with Crippen molar-refractivity contribution in [3.8, 4) is 0 Å². The maximum atomic E-state index is 9.60. The van der Waals surface area contributed by atoms with E-state index in [1.807, 2.05) is 20.8 Å². The van der Waals surface area contributed by atoms with E-state index in [9.17, 15) is 14.4 Å². The lowest BCUT2D eigenvalue weighted by molar-refractivity contribution is -0.138. The molecule has 0 aromatic carbocycles. The minimum Gasteiger partial charge on any atom is -0.481 e. The highest BCUT2D eigenvalue weighted by Crippen LogP contribution is 1.98. The van der Waals surface area contributed by atoms with Gasteiger partial charge in [0.25, 0.3) is 0 Å². The molecule has 0 aromatic heterocycles. The average Bonchev–Trinajstić information content (AvgIpc) is 2.28. The van der Waals surface area contributed by atoms with Crippen molar-refractivity contribution >= 4 is 26.2 Å². The van der Waals surface area contributed by atoms with Crippen molar-refractivity contribution < 1.29 is 44.1 Å². The molecule has 0 aromatic rings. The Bertz CT molecular complexity index is 263. The third-order valence-corrected chi connectivity index (χ3v) is 1.39. The van der Waals surface area contributed by atoms with E-state index in [1.54, 1.807) is 0 Å². The number of aliphatic carboxylic acids is 3. The van der Waals surface area contributed by atoms with Crippen molar-refractivity contribution in [2.75, 3.05) is 0 Å². The molecule has 5 N–H and O–H groups in total. The first-order valence-electron chi connectivity index (χ1n) is 6.62. The molecule has 0 unspecified atom stereocenters. The molecule has 0 aliphatic rings. The van der Waals surface area contributed by atoms with Crippen LogP contribution in [0.25, 0.3) is 0 Å². The Kier molecular flexibility index (Phi) is 32.0. The Morgan fingerprint density at radius 2 is 0.818 bits per heavy atom. The van der Waals surface area contributed by atoms with Gasteiger partial charge in [0.1, 0.15) is 0 Å². The summed E-state index contributed by atoms with van der Waals surface area (Å²) in [6.45, 7) is 5.52. The van der Waals surface area contributed by atoms with Crippen molar-refractivity contribution in [1.29, 1.82) is 0 Å². The van der Waals surface area contributed by atoms with Gasteiger partial charge in [0.2, 0.25) is 0 Å². The molecule has 134 valence electrons. The lowest BCUT2D eigenvalue weighted by Crippen LogP contribution is -1.90. The maximum absolute atomic E-state index is 9.60. The second kappa shape index (κ2) is 24.6. The molecular weight excluding hydrogens is 319 g/mol. The summed E-state index contributed by atoms with van der Waals surface area (Å²) in [4.78, 5) is 43.1. The van der Waals surface area contributed by atoms with E-state index >= 15 is 0 Å². The van der Waals surface area contributed by atoms with Gasteiger partial charge in [-0.15, -0.1) is 0 Å². The topological polar surface area (TPSA) is 169 Å². The third kappa shape index (κ3) is 100. The van der Waals surface area contributed by atoms with Crippen LogP contribution in [0.3, 0.4) is 0 Å². The number of carbonyl (C=O) groups is 3. The Labute approximate surface area is 130 Å². The normalized spacial score (nSPS) is 8.27. The predicted molar refractivity (Wildman–Crippen MR) is 81.1 cm³/mol. The van der Waals surface area contributed by atoms with Gasteiger partial charge >= 0.3 is 26.2 Å². The highest BCUT2D eigenvalue weighted by atomic mass is 31.1. The summed E-state index contributed by atoms with van der Waals surface area (Å²) in [5, 5.41) is 23.7. The molecule has 0 aliphatic carbocycles. The number of carboxylic acid groups (broad SMARTS) is 3. The van der Waals surface area contributed by atoms with E-state index < -0.39 is 26.2 Å². The van der Waals surface area contributed by atoms with Crippen LogP contribution in [-0.2, 0) is 18.9 Å². The van der Waals surface area contributed by atoms with Crippen LogP contribution in [0, 0.1) is 0 Å². The summed E-state index contributed by atoms with van der Waals surface area (Å²) in [6, 6.07) is 0. The third-order valence-electron chi connectivity index (χ3n) is 1.39. The minimum atomic E-state index is -3.13. The maximum Gasteiger partial charge on any atom is 0.314 e. The lowest BCUT2D eigenvalue weighted by Gasteiger charge is -1.79. The van der Waals surface area contributed by atoms with E-state index in [4.69, 9.17) is 29.7 Å². The monoisotopic (exact) mass is 346 g/mol. The molecule has 0 saturated carbocycles. The molecule has 0 heterocycles. The highest BCUT2D eigenvalue weighted by Gasteiger charge is 1.88. The van der Waals surface area contributed by atoms with Crippen LogP contribution in [0.4, 0.5) is 0 Å². The summed E-state index contributed by atoms with van der Waals surface area (Å²) < 4.78 is 8.74. The minimum absolute atomic E-state index is 0.292. The Hall–Kier alpha value is -1.44. The number of hydrogen-bond donors (Lipinski definition) is 5. The fraction of sp³-hybridized carbons (Fsp3) is 0.750. The predicted octanol–water partition coefficient (Wildman–Crippen LogP) is 1.97. The van der Waals surface area contributed by atoms with Crippen molar-refractivity contribution in [1.82, 2.24) is 0 Å². The molecule has 0 fully saturated rings. The van der Waals surface area contributed by atoms with E-state index in [0.29, 0.717) is 19.3 Å².